The maximum absolute atomic E-state index is 11.3. The molecule has 1 atom stereocenters. The summed E-state index contributed by atoms with van der Waals surface area (Å²) in [6.45, 7) is 1.92. The lowest BCUT2D eigenvalue weighted by Gasteiger charge is -2.12. The smallest absolute Gasteiger partial charge is 0.321 e. The number of benzene rings is 1. The number of anilines is 1. The maximum Gasteiger partial charge on any atom is 0.321 e. The molecular weight excluding hydrogens is 190 g/mol. The van der Waals surface area contributed by atoms with Crippen LogP contribution in [0.5, 0.6) is 0 Å². The molecule has 0 bridgehead atoms. The minimum Gasteiger partial charge on any atom is -0.331 e. The molecule has 4 heteroatoms. The van der Waals surface area contributed by atoms with Gasteiger partial charge in [-0.15, -0.1) is 0 Å². The van der Waals surface area contributed by atoms with Crippen LogP contribution in [0.4, 0.5) is 10.5 Å². The fraction of sp³-hybridized carbons (Fsp3) is 0.364. The van der Waals surface area contributed by atoms with E-state index in [9.17, 15) is 4.79 Å². The Bertz CT molecular complexity index is 330. The summed E-state index contributed by atoms with van der Waals surface area (Å²) in [7, 11) is 3.40. The Morgan fingerprint density at radius 2 is 1.87 bits per heavy atom. The normalized spacial score (nSPS) is 12.0. The maximum atomic E-state index is 11.3. The number of nitrogens with two attached hydrogens (primary N) is 1. The van der Waals surface area contributed by atoms with E-state index >= 15 is 0 Å². The van der Waals surface area contributed by atoms with Gasteiger partial charge in [-0.2, -0.15) is 0 Å². The minimum atomic E-state index is -0.136. The van der Waals surface area contributed by atoms with E-state index in [4.69, 9.17) is 5.73 Å². The van der Waals surface area contributed by atoms with Crippen molar-refractivity contribution in [1.29, 1.82) is 0 Å². The summed E-state index contributed by atoms with van der Waals surface area (Å²) in [6, 6.07) is 7.40. The lowest BCUT2D eigenvalue weighted by molar-refractivity contribution is 0.230. The summed E-state index contributed by atoms with van der Waals surface area (Å²) in [6.07, 6.45) is 0. The second kappa shape index (κ2) is 4.79. The summed E-state index contributed by atoms with van der Waals surface area (Å²) in [5.74, 6) is 0. The molecule has 0 aliphatic heterocycles. The van der Waals surface area contributed by atoms with Crippen LogP contribution in [0.1, 0.15) is 18.5 Å². The molecule has 0 aromatic heterocycles. The highest BCUT2D eigenvalue weighted by Crippen LogP contribution is 2.14. The summed E-state index contributed by atoms with van der Waals surface area (Å²) in [5, 5.41) is 2.75. The standard InChI is InChI=1S/C11H17N3O/c1-8(12)9-4-6-10(7-5-9)13-11(15)14(2)3/h4-8H,12H2,1-3H3,(H,13,15). The van der Waals surface area contributed by atoms with E-state index < -0.39 is 0 Å². The Balaban J connectivity index is 2.69. The SMILES string of the molecule is CC(N)c1ccc(NC(=O)N(C)C)cc1. The number of hydrogen-bond donors (Lipinski definition) is 2. The number of carbonyl (C=O) groups is 1. The first-order chi connectivity index (χ1) is 7.00. The van der Waals surface area contributed by atoms with E-state index in [1.165, 1.54) is 4.90 Å². The molecule has 15 heavy (non-hydrogen) atoms. The van der Waals surface area contributed by atoms with Crippen LogP contribution >= 0.6 is 0 Å². The Kier molecular flexibility index (Phi) is 3.68. The molecule has 2 amide bonds. The largest absolute Gasteiger partial charge is 0.331 e. The van der Waals surface area contributed by atoms with Crippen LogP contribution in [0, 0.1) is 0 Å². The molecule has 0 spiro atoms. The van der Waals surface area contributed by atoms with Crippen LogP contribution in [0.3, 0.4) is 0 Å². The van der Waals surface area contributed by atoms with Crippen molar-refractivity contribution in [2.24, 2.45) is 5.73 Å². The zero-order valence-corrected chi connectivity index (χ0v) is 9.32. The van der Waals surface area contributed by atoms with Gasteiger partial charge in [-0.1, -0.05) is 12.1 Å². The third-order valence-electron chi connectivity index (χ3n) is 2.09. The van der Waals surface area contributed by atoms with Crippen molar-refractivity contribution in [3.8, 4) is 0 Å². The van der Waals surface area contributed by atoms with Crippen molar-refractivity contribution in [1.82, 2.24) is 4.90 Å². The second-order valence-corrected chi connectivity index (χ2v) is 3.74. The van der Waals surface area contributed by atoms with Gasteiger partial charge in [-0.05, 0) is 24.6 Å². The predicted molar refractivity (Wildman–Crippen MR) is 61.8 cm³/mol. The summed E-state index contributed by atoms with van der Waals surface area (Å²) in [4.78, 5) is 12.8. The van der Waals surface area contributed by atoms with Crippen molar-refractivity contribution in [3.63, 3.8) is 0 Å². The molecule has 0 fully saturated rings. The molecule has 0 aliphatic carbocycles. The third-order valence-corrected chi connectivity index (χ3v) is 2.09. The average molecular weight is 207 g/mol. The van der Waals surface area contributed by atoms with Crippen LogP contribution in [0.25, 0.3) is 0 Å². The van der Waals surface area contributed by atoms with Crippen molar-refractivity contribution < 1.29 is 4.79 Å². The topological polar surface area (TPSA) is 58.4 Å². The van der Waals surface area contributed by atoms with E-state index in [0.717, 1.165) is 11.3 Å². The molecule has 82 valence electrons. The number of nitrogens with zero attached hydrogens (tertiary/aromatic N) is 1. The highest BCUT2D eigenvalue weighted by molar-refractivity contribution is 5.88. The molecule has 4 nitrogen and oxygen atoms in total. The van der Waals surface area contributed by atoms with Gasteiger partial charge in [0.05, 0.1) is 0 Å². The van der Waals surface area contributed by atoms with E-state index in [1.807, 2.05) is 31.2 Å². The zero-order valence-electron chi connectivity index (χ0n) is 9.32. The number of carbonyl (C=O) groups excluding carboxylic acids is 1. The van der Waals surface area contributed by atoms with Crippen molar-refractivity contribution >= 4 is 11.7 Å². The Morgan fingerprint density at radius 1 is 1.33 bits per heavy atom. The lowest BCUT2D eigenvalue weighted by atomic mass is 10.1. The quantitative estimate of drug-likeness (QED) is 0.776. The Hall–Kier alpha value is -1.55. The molecule has 1 unspecified atom stereocenters. The van der Waals surface area contributed by atoms with Gasteiger partial charge in [-0.3, -0.25) is 0 Å². The second-order valence-electron chi connectivity index (χ2n) is 3.74. The van der Waals surface area contributed by atoms with Crippen LogP contribution in [0.15, 0.2) is 24.3 Å². The summed E-state index contributed by atoms with van der Waals surface area (Å²) in [5.41, 5.74) is 7.55. The fourth-order valence-electron chi connectivity index (χ4n) is 1.11. The minimum absolute atomic E-state index is 0.0172. The monoisotopic (exact) mass is 207 g/mol. The first-order valence-corrected chi connectivity index (χ1v) is 4.84. The van der Waals surface area contributed by atoms with E-state index in [1.54, 1.807) is 14.1 Å². The molecule has 1 rings (SSSR count). The van der Waals surface area contributed by atoms with Crippen molar-refractivity contribution in [2.45, 2.75) is 13.0 Å². The molecular formula is C11H17N3O. The van der Waals surface area contributed by atoms with E-state index in [0.29, 0.717) is 0 Å². The molecule has 0 saturated carbocycles. The number of urea groups is 1. The highest BCUT2D eigenvalue weighted by Gasteiger charge is 2.04. The van der Waals surface area contributed by atoms with Crippen LogP contribution < -0.4 is 11.1 Å². The van der Waals surface area contributed by atoms with Gasteiger partial charge in [0.15, 0.2) is 0 Å². The Labute approximate surface area is 90.1 Å². The first kappa shape index (κ1) is 11.5. The van der Waals surface area contributed by atoms with Gasteiger partial charge < -0.3 is 16.0 Å². The zero-order chi connectivity index (χ0) is 11.4. The fourth-order valence-corrected chi connectivity index (χ4v) is 1.11. The third kappa shape index (κ3) is 3.25. The lowest BCUT2D eigenvalue weighted by Crippen LogP contribution is -2.27. The van der Waals surface area contributed by atoms with Gasteiger partial charge in [0, 0.05) is 25.8 Å². The van der Waals surface area contributed by atoms with E-state index in [-0.39, 0.29) is 12.1 Å². The number of amides is 2. The summed E-state index contributed by atoms with van der Waals surface area (Å²) >= 11 is 0. The van der Waals surface area contributed by atoms with Crippen LogP contribution in [-0.2, 0) is 0 Å². The van der Waals surface area contributed by atoms with E-state index in [2.05, 4.69) is 5.32 Å². The molecule has 0 radical (unpaired) electrons. The molecule has 1 aromatic rings. The summed E-state index contributed by atoms with van der Waals surface area (Å²) < 4.78 is 0. The number of nitrogens with one attached hydrogen (secondary N) is 1. The van der Waals surface area contributed by atoms with Gasteiger partial charge >= 0.3 is 6.03 Å². The van der Waals surface area contributed by atoms with Gasteiger partial charge in [0.1, 0.15) is 0 Å². The Morgan fingerprint density at radius 3 is 2.27 bits per heavy atom. The van der Waals surface area contributed by atoms with Gasteiger partial charge in [0.2, 0.25) is 0 Å². The average Bonchev–Trinajstić information content (AvgIpc) is 2.18. The molecule has 1 aromatic carbocycles. The number of rotatable bonds is 2. The number of hydrogen-bond acceptors (Lipinski definition) is 2. The van der Waals surface area contributed by atoms with Crippen molar-refractivity contribution in [2.75, 3.05) is 19.4 Å². The van der Waals surface area contributed by atoms with Crippen LogP contribution in [0.2, 0.25) is 0 Å². The molecule has 0 aliphatic rings. The van der Waals surface area contributed by atoms with Gasteiger partial charge in [-0.25, -0.2) is 4.79 Å². The highest BCUT2D eigenvalue weighted by atomic mass is 16.2. The van der Waals surface area contributed by atoms with Crippen LogP contribution in [-0.4, -0.2) is 25.0 Å². The molecule has 0 saturated heterocycles. The predicted octanol–water partition coefficient (Wildman–Crippen LogP) is 1.80. The first-order valence-electron chi connectivity index (χ1n) is 4.84. The molecule has 3 N–H and O–H groups in total. The van der Waals surface area contributed by atoms with Crippen molar-refractivity contribution in [3.05, 3.63) is 29.8 Å². The molecule has 0 heterocycles. The van der Waals surface area contributed by atoms with Gasteiger partial charge in [0.25, 0.3) is 0 Å².